The van der Waals surface area contributed by atoms with Crippen LogP contribution in [0.3, 0.4) is 0 Å². The summed E-state index contributed by atoms with van der Waals surface area (Å²) in [6, 6.07) is 0. The molecular weight excluding hydrogens is 148 g/mol. The highest BCUT2D eigenvalue weighted by Crippen LogP contribution is 2.28. The summed E-state index contributed by atoms with van der Waals surface area (Å²) in [6.45, 7) is 5.32. The van der Waals surface area contributed by atoms with Gasteiger partial charge >= 0.3 is 0 Å². The molecule has 2 heteroatoms. The van der Waals surface area contributed by atoms with Crippen molar-refractivity contribution in [3.05, 3.63) is 0 Å². The Labute approximate surface area is 75.9 Å². The van der Waals surface area contributed by atoms with E-state index < -0.39 is 0 Å². The molecule has 2 nitrogen and oxygen atoms in total. The molecule has 0 spiro atoms. The second kappa shape index (κ2) is 5.55. The van der Waals surface area contributed by atoms with Crippen molar-refractivity contribution in [1.82, 2.24) is 5.32 Å². The third-order valence-corrected chi connectivity index (χ3v) is 3.03. The summed E-state index contributed by atoms with van der Waals surface area (Å²) in [5, 5.41) is 3.43. The molecule has 0 aromatic carbocycles. The zero-order chi connectivity index (χ0) is 8.81. The lowest BCUT2D eigenvalue weighted by molar-refractivity contribution is 0.237. The first-order valence-electron chi connectivity index (χ1n) is 5.29. The van der Waals surface area contributed by atoms with Gasteiger partial charge < -0.3 is 11.1 Å². The van der Waals surface area contributed by atoms with Gasteiger partial charge in [0, 0.05) is 0 Å². The molecule has 1 fully saturated rings. The molecule has 0 amide bonds. The third kappa shape index (κ3) is 2.76. The largest absolute Gasteiger partial charge is 0.330 e. The minimum absolute atomic E-state index is 0.790. The topological polar surface area (TPSA) is 38.0 Å². The minimum Gasteiger partial charge on any atom is -0.330 e. The van der Waals surface area contributed by atoms with Gasteiger partial charge in [0.1, 0.15) is 0 Å². The fourth-order valence-electron chi connectivity index (χ4n) is 2.19. The smallest absolute Gasteiger partial charge is 0.00175 e. The van der Waals surface area contributed by atoms with Crippen LogP contribution in [-0.2, 0) is 0 Å². The summed E-state index contributed by atoms with van der Waals surface area (Å²) < 4.78 is 0. The molecule has 0 aliphatic heterocycles. The maximum Gasteiger partial charge on any atom is -0.00175 e. The summed E-state index contributed by atoms with van der Waals surface area (Å²) >= 11 is 0. The molecule has 0 saturated heterocycles. The molecule has 1 aliphatic rings. The average molecular weight is 170 g/mol. The van der Waals surface area contributed by atoms with Crippen LogP contribution in [0.1, 0.15) is 32.6 Å². The Kier molecular flexibility index (Phi) is 4.62. The summed E-state index contributed by atoms with van der Waals surface area (Å²) in [5.41, 5.74) is 5.74. The molecule has 0 heterocycles. The molecule has 0 aromatic heterocycles. The molecule has 3 N–H and O–H groups in total. The average Bonchev–Trinajstić information content (AvgIpc) is 2.15. The van der Waals surface area contributed by atoms with E-state index in [4.69, 9.17) is 5.73 Å². The molecule has 1 rings (SSSR count). The Bertz CT molecular complexity index is 114. The van der Waals surface area contributed by atoms with Gasteiger partial charge in [0.2, 0.25) is 0 Å². The van der Waals surface area contributed by atoms with Crippen LogP contribution < -0.4 is 11.1 Å². The van der Waals surface area contributed by atoms with Crippen LogP contribution in [0, 0.1) is 11.8 Å². The highest BCUT2D eigenvalue weighted by molar-refractivity contribution is 4.77. The summed E-state index contributed by atoms with van der Waals surface area (Å²) in [4.78, 5) is 0. The maximum absolute atomic E-state index is 5.74. The van der Waals surface area contributed by atoms with Crippen LogP contribution in [0.2, 0.25) is 0 Å². The van der Waals surface area contributed by atoms with E-state index in [1.807, 2.05) is 0 Å². The van der Waals surface area contributed by atoms with Gasteiger partial charge in [-0.05, 0) is 44.3 Å². The molecule has 2 unspecified atom stereocenters. The Morgan fingerprint density at radius 1 is 1.25 bits per heavy atom. The van der Waals surface area contributed by atoms with Gasteiger partial charge in [-0.1, -0.05) is 19.8 Å². The Balaban J connectivity index is 2.26. The number of hydrogen-bond donors (Lipinski definition) is 2. The van der Waals surface area contributed by atoms with Crippen LogP contribution in [0.5, 0.6) is 0 Å². The van der Waals surface area contributed by atoms with Gasteiger partial charge in [-0.2, -0.15) is 0 Å². The highest BCUT2D eigenvalue weighted by Gasteiger charge is 2.22. The molecule has 0 bridgehead atoms. The van der Waals surface area contributed by atoms with E-state index in [2.05, 4.69) is 12.2 Å². The fraction of sp³-hybridized carbons (Fsp3) is 1.00. The molecule has 12 heavy (non-hydrogen) atoms. The molecule has 2 atom stereocenters. The van der Waals surface area contributed by atoms with Crippen LogP contribution >= 0.6 is 0 Å². The van der Waals surface area contributed by atoms with Crippen molar-refractivity contribution in [1.29, 1.82) is 0 Å². The zero-order valence-corrected chi connectivity index (χ0v) is 8.18. The number of hydrogen-bond acceptors (Lipinski definition) is 2. The van der Waals surface area contributed by atoms with E-state index in [0.717, 1.165) is 24.9 Å². The minimum atomic E-state index is 0.790. The number of rotatable bonds is 4. The first-order chi connectivity index (χ1) is 5.88. The molecular formula is C10H22N2. The van der Waals surface area contributed by atoms with Gasteiger partial charge in [-0.3, -0.25) is 0 Å². The quantitative estimate of drug-likeness (QED) is 0.668. The fourth-order valence-corrected chi connectivity index (χ4v) is 2.19. The van der Waals surface area contributed by atoms with Crippen LogP contribution in [-0.4, -0.2) is 19.6 Å². The molecule has 1 saturated carbocycles. The standard InChI is InChI=1S/C10H22N2/c1-2-12-8-10-6-4-3-5-9(10)7-11/h9-10,12H,2-8,11H2,1H3. The SMILES string of the molecule is CCNCC1CCCCC1CN. The van der Waals surface area contributed by atoms with E-state index in [-0.39, 0.29) is 0 Å². The third-order valence-electron chi connectivity index (χ3n) is 3.03. The lowest BCUT2D eigenvalue weighted by Crippen LogP contribution is -2.34. The van der Waals surface area contributed by atoms with Crippen molar-refractivity contribution in [2.75, 3.05) is 19.6 Å². The van der Waals surface area contributed by atoms with Crippen molar-refractivity contribution in [3.8, 4) is 0 Å². The first kappa shape index (κ1) is 10.0. The van der Waals surface area contributed by atoms with Crippen molar-refractivity contribution in [3.63, 3.8) is 0 Å². The predicted octanol–water partition coefficient (Wildman–Crippen LogP) is 1.36. The zero-order valence-electron chi connectivity index (χ0n) is 8.18. The van der Waals surface area contributed by atoms with E-state index in [0.29, 0.717) is 0 Å². The molecule has 72 valence electrons. The van der Waals surface area contributed by atoms with Gasteiger partial charge in [-0.25, -0.2) is 0 Å². The van der Waals surface area contributed by atoms with Gasteiger partial charge in [0.05, 0.1) is 0 Å². The highest BCUT2D eigenvalue weighted by atomic mass is 14.8. The lowest BCUT2D eigenvalue weighted by Gasteiger charge is -2.30. The van der Waals surface area contributed by atoms with Gasteiger partial charge in [0.25, 0.3) is 0 Å². The normalized spacial score (nSPS) is 30.5. The first-order valence-corrected chi connectivity index (χ1v) is 5.29. The van der Waals surface area contributed by atoms with Gasteiger partial charge in [0.15, 0.2) is 0 Å². The predicted molar refractivity (Wildman–Crippen MR) is 53.0 cm³/mol. The molecule has 0 radical (unpaired) electrons. The van der Waals surface area contributed by atoms with Crippen molar-refractivity contribution < 1.29 is 0 Å². The van der Waals surface area contributed by atoms with E-state index in [1.54, 1.807) is 0 Å². The lowest BCUT2D eigenvalue weighted by atomic mass is 9.79. The monoisotopic (exact) mass is 170 g/mol. The number of nitrogens with two attached hydrogens (primary N) is 1. The van der Waals surface area contributed by atoms with Crippen molar-refractivity contribution in [2.24, 2.45) is 17.6 Å². The van der Waals surface area contributed by atoms with E-state index in [1.165, 1.54) is 32.2 Å². The maximum atomic E-state index is 5.74. The second-order valence-corrected chi connectivity index (χ2v) is 3.85. The van der Waals surface area contributed by atoms with E-state index >= 15 is 0 Å². The molecule has 1 aliphatic carbocycles. The summed E-state index contributed by atoms with van der Waals surface area (Å²) in [7, 11) is 0. The Morgan fingerprint density at radius 3 is 2.50 bits per heavy atom. The number of nitrogens with one attached hydrogen (secondary N) is 1. The summed E-state index contributed by atoms with van der Waals surface area (Å²) in [6.07, 6.45) is 5.54. The Hall–Kier alpha value is -0.0800. The van der Waals surface area contributed by atoms with Crippen molar-refractivity contribution in [2.45, 2.75) is 32.6 Å². The van der Waals surface area contributed by atoms with E-state index in [9.17, 15) is 0 Å². The van der Waals surface area contributed by atoms with Crippen LogP contribution in [0.25, 0.3) is 0 Å². The van der Waals surface area contributed by atoms with Crippen LogP contribution in [0.4, 0.5) is 0 Å². The van der Waals surface area contributed by atoms with Crippen LogP contribution in [0.15, 0.2) is 0 Å². The second-order valence-electron chi connectivity index (χ2n) is 3.85. The molecule has 0 aromatic rings. The van der Waals surface area contributed by atoms with Crippen molar-refractivity contribution >= 4 is 0 Å². The Morgan fingerprint density at radius 2 is 1.92 bits per heavy atom. The van der Waals surface area contributed by atoms with Gasteiger partial charge in [-0.15, -0.1) is 0 Å². The summed E-state index contributed by atoms with van der Waals surface area (Å²) in [5.74, 6) is 1.64.